The number of rotatable bonds is 4. The van der Waals surface area contributed by atoms with Crippen molar-refractivity contribution in [1.29, 1.82) is 0 Å². The number of aromatic amines is 1. The summed E-state index contributed by atoms with van der Waals surface area (Å²) in [7, 11) is 0. The Bertz CT molecular complexity index is 1020. The molecule has 2 heterocycles. The first-order valence-corrected chi connectivity index (χ1v) is 7.51. The molecule has 6 heteroatoms. The highest BCUT2D eigenvalue weighted by molar-refractivity contribution is 5.76. The summed E-state index contributed by atoms with van der Waals surface area (Å²) in [4.78, 5) is 23.5. The lowest BCUT2D eigenvalue weighted by Crippen LogP contribution is -2.17. The highest BCUT2D eigenvalue weighted by Crippen LogP contribution is 2.24. The van der Waals surface area contributed by atoms with Gasteiger partial charge in [-0.25, -0.2) is 9.78 Å². The molecule has 118 valence electrons. The third-order valence-electron chi connectivity index (χ3n) is 3.67. The van der Waals surface area contributed by atoms with Gasteiger partial charge in [0.05, 0.1) is 6.54 Å². The van der Waals surface area contributed by atoms with Gasteiger partial charge >= 0.3 is 5.69 Å². The van der Waals surface area contributed by atoms with Crippen LogP contribution < -0.4 is 10.4 Å². The number of aromatic nitrogens is 4. The standard InChI is InChI=1S/C18H14N4O2/c23-18-21-15-16(22(18)11-13-7-3-1-4-8-13)19-12-20-17(15)24-14-9-5-2-6-10-14/h1-10,12H,11H2,(H,21,23). The van der Waals surface area contributed by atoms with E-state index < -0.39 is 0 Å². The molecular weight excluding hydrogens is 304 g/mol. The zero-order valence-electron chi connectivity index (χ0n) is 12.7. The SMILES string of the molecule is O=c1[nH]c2c(Oc3ccccc3)ncnc2n1Cc1ccccc1. The lowest BCUT2D eigenvalue weighted by Gasteiger charge is -2.05. The highest BCUT2D eigenvalue weighted by Gasteiger charge is 2.14. The molecule has 4 aromatic rings. The van der Waals surface area contributed by atoms with Gasteiger partial charge in [0.15, 0.2) is 5.65 Å². The van der Waals surface area contributed by atoms with Crippen molar-refractivity contribution >= 4 is 11.2 Å². The fraction of sp³-hybridized carbons (Fsp3) is 0.0556. The van der Waals surface area contributed by atoms with E-state index in [1.54, 1.807) is 4.57 Å². The molecule has 0 fully saturated rings. The number of imidazole rings is 1. The monoisotopic (exact) mass is 318 g/mol. The van der Waals surface area contributed by atoms with E-state index in [2.05, 4.69) is 15.0 Å². The molecule has 0 atom stereocenters. The van der Waals surface area contributed by atoms with E-state index >= 15 is 0 Å². The van der Waals surface area contributed by atoms with Gasteiger partial charge < -0.3 is 4.74 Å². The lowest BCUT2D eigenvalue weighted by atomic mass is 10.2. The Kier molecular flexibility index (Phi) is 3.55. The van der Waals surface area contributed by atoms with Crippen LogP contribution in [0.15, 0.2) is 71.8 Å². The molecule has 0 aliphatic heterocycles. The summed E-state index contributed by atoms with van der Waals surface area (Å²) in [6.07, 6.45) is 1.40. The zero-order valence-corrected chi connectivity index (χ0v) is 12.7. The number of hydrogen-bond donors (Lipinski definition) is 1. The summed E-state index contributed by atoms with van der Waals surface area (Å²) in [6, 6.07) is 19.0. The van der Waals surface area contributed by atoms with Crippen LogP contribution in [0.4, 0.5) is 0 Å². The van der Waals surface area contributed by atoms with Gasteiger partial charge in [0.1, 0.15) is 17.6 Å². The fourth-order valence-corrected chi connectivity index (χ4v) is 2.54. The molecular formula is C18H14N4O2. The largest absolute Gasteiger partial charge is 0.437 e. The fourth-order valence-electron chi connectivity index (χ4n) is 2.54. The van der Waals surface area contributed by atoms with Gasteiger partial charge in [0.25, 0.3) is 0 Å². The summed E-state index contributed by atoms with van der Waals surface area (Å²) in [5.74, 6) is 0.976. The number of H-pyrrole nitrogens is 1. The number of ether oxygens (including phenoxy) is 1. The van der Waals surface area contributed by atoms with E-state index in [4.69, 9.17) is 4.74 Å². The Morgan fingerprint density at radius 3 is 2.42 bits per heavy atom. The summed E-state index contributed by atoms with van der Waals surface area (Å²) >= 11 is 0. The van der Waals surface area contributed by atoms with Crippen molar-refractivity contribution in [2.24, 2.45) is 0 Å². The van der Waals surface area contributed by atoms with Crippen molar-refractivity contribution in [3.63, 3.8) is 0 Å². The van der Waals surface area contributed by atoms with Crippen molar-refractivity contribution in [1.82, 2.24) is 19.5 Å². The predicted octanol–water partition coefficient (Wildman–Crippen LogP) is 2.96. The van der Waals surface area contributed by atoms with Crippen LogP contribution in [0.3, 0.4) is 0 Å². The molecule has 1 N–H and O–H groups in total. The molecule has 0 aliphatic carbocycles. The molecule has 0 saturated carbocycles. The average molecular weight is 318 g/mol. The van der Waals surface area contributed by atoms with E-state index in [-0.39, 0.29) is 5.69 Å². The molecule has 24 heavy (non-hydrogen) atoms. The van der Waals surface area contributed by atoms with Gasteiger partial charge in [0, 0.05) is 0 Å². The first-order valence-electron chi connectivity index (χ1n) is 7.51. The van der Waals surface area contributed by atoms with E-state index in [1.165, 1.54) is 6.33 Å². The van der Waals surface area contributed by atoms with Crippen LogP contribution in [0.25, 0.3) is 11.2 Å². The number of fused-ring (bicyclic) bond motifs is 1. The second kappa shape index (κ2) is 6.00. The molecule has 2 aromatic heterocycles. The second-order valence-electron chi connectivity index (χ2n) is 5.29. The van der Waals surface area contributed by atoms with E-state index in [1.807, 2.05) is 60.7 Å². The number of hydrogen-bond acceptors (Lipinski definition) is 4. The van der Waals surface area contributed by atoms with Crippen molar-refractivity contribution in [3.8, 4) is 11.6 Å². The first-order chi connectivity index (χ1) is 11.8. The highest BCUT2D eigenvalue weighted by atomic mass is 16.5. The number of nitrogens with one attached hydrogen (secondary N) is 1. The van der Waals surface area contributed by atoms with Crippen LogP contribution in [0, 0.1) is 0 Å². The van der Waals surface area contributed by atoms with Crippen LogP contribution in [0.5, 0.6) is 11.6 Å². The number of para-hydroxylation sites is 1. The molecule has 6 nitrogen and oxygen atoms in total. The summed E-state index contributed by atoms with van der Waals surface area (Å²) < 4.78 is 7.35. The van der Waals surface area contributed by atoms with Crippen LogP contribution in [-0.2, 0) is 6.54 Å². The molecule has 0 aliphatic rings. The van der Waals surface area contributed by atoms with Gasteiger partial charge in [-0.15, -0.1) is 0 Å². The third kappa shape index (κ3) is 2.65. The topological polar surface area (TPSA) is 72.8 Å². The molecule has 0 unspecified atom stereocenters. The smallest absolute Gasteiger partial charge is 0.328 e. The Labute approximate surface area is 137 Å². The van der Waals surface area contributed by atoms with Crippen LogP contribution in [0.1, 0.15) is 5.56 Å². The van der Waals surface area contributed by atoms with Gasteiger partial charge in [-0.3, -0.25) is 9.55 Å². The minimum Gasteiger partial charge on any atom is -0.437 e. The summed E-state index contributed by atoms with van der Waals surface area (Å²) in [5.41, 5.74) is 1.78. The minimum atomic E-state index is -0.243. The van der Waals surface area contributed by atoms with Crippen LogP contribution in [-0.4, -0.2) is 19.5 Å². The molecule has 0 amide bonds. The average Bonchev–Trinajstić information content (AvgIpc) is 2.94. The van der Waals surface area contributed by atoms with Crippen LogP contribution >= 0.6 is 0 Å². The van der Waals surface area contributed by atoms with E-state index in [0.717, 1.165) is 5.56 Å². The van der Waals surface area contributed by atoms with Crippen LogP contribution in [0.2, 0.25) is 0 Å². The van der Waals surface area contributed by atoms with E-state index in [9.17, 15) is 4.79 Å². The first kappa shape index (κ1) is 14.2. The van der Waals surface area contributed by atoms with Gasteiger partial charge in [0.2, 0.25) is 5.88 Å². The molecule has 4 rings (SSSR count). The van der Waals surface area contributed by atoms with E-state index in [0.29, 0.717) is 29.3 Å². The Morgan fingerprint density at radius 2 is 1.67 bits per heavy atom. The van der Waals surface area contributed by atoms with Gasteiger partial charge in [-0.2, -0.15) is 4.98 Å². The van der Waals surface area contributed by atoms with Crippen molar-refractivity contribution in [2.45, 2.75) is 6.54 Å². The molecule has 2 aromatic carbocycles. The van der Waals surface area contributed by atoms with Crippen molar-refractivity contribution < 1.29 is 4.74 Å². The maximum Gasteiger partial charge on any atom is 0.328 e. The predicted molar refractivity (Wildman–Crippen MR) is 90.2 cm³/mol. The van der Waals surface area contributed by atoms with Crippen molar-refractivity contribution in [3.05, 3.63) is 83.0 Å². The van der Waals surface area contributed by atoms with Gasteiger partial charge in [-0.05, 0) is 17.7 Å². The maximum atomic E-state index is 12.3. The normalized spacial score (nSPS) is 10.8. The zero-order chi connectivity index (χ0) is 16.4. The quantitative estimate of drug-likeness (QED) is 0.628. The summed E-state index contributed by atoms with van der Waals surface area (Å²) in [5, 5.41) is 0. The Hall–Kier alpha value is -3.41. The summed E-state index contributed by atoms with van der Waals surface area (Å²) in [6.45, 7) is 0.432. The Balaban J connectivity index is 1.76. The second-order valence-corrected chi connectivity index (χ2v) is 5.29. The molecule has 0 bridgehead atoms. The van der Waals surface area contributed by atoms with Gasteiger partial charge in [-0.1, -0.05) is 48.5 Å². The molecule has 0 spiro atoms. The third-order valence-corrected chi connectivity index (χ3v) is 3.67. The Morgan fingerprint density at radius 1 is 0.958 bits per heavy atom. The number of nitrogens with zero attached hydrogens (tertiary/aromatic N) is 3. The lowest BCUT2D eigenvalue weighted by molar-refractivity contribution is 0.467. The molecule has 0 radical (unpaired) electrons. The maximum absolute atomic E-state index is 12.3. The minimum absolute atomic E-state index is 0.243. The van der Waals surface area contributed by atoms with Crippen molar-refractivity contribution in [2.75, 3.05) is 0 Å². The molecule has 0 saturated heterocycles. The number of benzene rings is 2.